The molecule has 4 atom stereocenters. The summed E-state index contributed by atoms with van der Waals surface area (Å²) in [6.45, 7) is 0.936. The van der Waals surface area contributed by atoms with E-state index in [-0.39, 0.29) is 22.7 Å². The summed E-state index contributed by atoms with van der Waals surface area (Å²) < 4.78 is 79.1. The number of aromatic nitrogens is 1. The molecule has 2 aromatic rings. The van der Waals surface area contributed by atoms with Crippen LogP contribution in [0.1, 0.15) is 28.9 Å². The number of rotatable bonds is 5. The number of pyridine rings is 1. The van der Waals surface area contributed by atoms with Crippen molar-refractivity contribution in [2.75, 3.05) is 12.4 Å². The van der Waals surface area contributed by atoms with Crippen LogP contribution in [-0.2, 0) is 9.53 Å². The molecule has 0 radical (unpaired) electrons. The smallest absolute Gasteiger partial charge is 0.448 e. The first-order valence-corrected chi connectivity index (χ1v) is 9.22. The molecular weight excluding hydrogens is 441 g/mol. The van der Waals surface area contributed by atoms with Crippen LogP contribution in [0.2, 0.25) is 0 Å². The minimum atomic E-state index is -5.46. The van der Waals surface area contributed by atoms with Crippen molar-refractivity contribution in [3.8, 4) is 5.75 Å². The molecule has 0 unspecified atom stereocenters. The number of carbonyl (C=O) groups is 2. The predicted octanol–water partition coefficient (Wildman–Crippen LogP) is 3.31. The lowest BCUT2D eigenvalue weighted by atomic mass is 9.81. The number of hydrogen-bond donors (Lipinski definition) is 2. The van der Waals surface area contributed by atoms with E-state index in [0.717, 1.165) is 44.5 Å². The highest BCUT2D eigenvalue weighted by molar-refractivity contribution is 5.97. The number of benzene rings is 1. The Morgan fingerprint density at radius 2 is 1.94 bits per heavy atom. The zero-order valence-corrected chi connectivity index (χ0v) is 16.7. The Labute approximate surface area is 178 Å². The van der Waals surface area contributed by atoms with Crippen LogP contribution < -0.4 is 15.8 Å². The second kappa shape index (κ2) is 8.34. The van der Waals surface area contributed by atoms with E-state index >= 15 is 4.39 Å². The zero-order chi connectivity index (χ0) is 23.8. The van der Waals surface area contributed by atoms with Crippen molar-refractivity contribution in [3.63, 3.8) is 0 Å². The number of methoxy groups -OCH3 is 1. The molecule has 3 rings (SSSR count). The first-order valence-electron chi connectivity index (χ1n) is 9.22. The third-order valence-corrected chi connectivity index (χ3v) is 5.23. The standard InChI is InChI=1S/C20H18F5N3O4/c1-9-15(12-4-3-10(21)7-14(12)31-2)16(32-19(9,22)20(23,24)25)18(30)28-11-5-6-27-13(8-11)17(26)29/h3-9,15-16H,1-2H3,(H2,26,29)(H,27,28,30)/t9-,15+,16+,19+/m1/s1. The summed E-state index contributed by atoms with van der Waals surface area (Å²) in [6, 6.07) is 5.32. The molecule has 2 heterocycles. The van der Waals surface area contributed by atoms with Gasteiger partial charge in [-0.05, 0) is 18.2 Å². The maximum atomic E-state index is 15.1. The Morgan fingerprint density at radius 1 is 1.25 bits per heavy atom. The molecule has 7 nitrogen and oxygen atoms in total. The number of nitrogens with zero attached hydrogens (tertiary/aromatic N) is 1. The Hall–Kier alpha value is -3.28. The SMILES string of the molecule is COc1cc(F)ccc1[C@H]1[C@@H](C(=O)Nc2ccnc(C(N)=O)c2)O[C@](F)(C(F)(F)F)[C@@H]1C. The van der Waals surface area contributed by atoms with Crippen LogP contribution >= 0.6 is 0 Å². The number of halogens is 5. The van der Waals surface area contributed by atoms with Crippen LogP contribution in [-0.4, -0.2) is 42.0 Å². The molecule has 32 heavy (non-hydrogen) atoms. The van der Waals surface area contributed by atoms with Crippen molar-refractivity contribution < 1.29 is 41.0 Å². The quantitative estimate of drug-likeness (QED) is 0.668. The van der Waals surface area contributed by atoms with Crippen LogP contribution in [0, 0.1) is 11.7 Å². The largest absolute Gasteiger partial charge is 0.496 e. The predicted molar refractivity (Wildman–Crippen MR) is 101 cm³/mol. The number of alkyl halides is 4. The number of ether oxygens (including phenoxy) is 2. The molecule has 1 saturated heterocycles. The fourth-order valence-corrected chi connectivity index (χ4v) is 3.65. The molecule has 1 aromatic carbocycles. The number of anilines is 1. The second-order valence-corrected chi connectivity index (χ2v) is 7.17. The number of nitrogens with one attached hydrogen (secondary N) is 1. The molecular formula is C20H18F5N3O4. The van der Waals surface area contributed by atoms with E-state index in [0.29, 0.717) is 0 Å². The van der Waals surface area contributed by atoms with E-state index in [2.05, 4.69) is 15.0 Å². The van der Waals surface area contributed by atoms with Gasteiger partial charge in [-0.3, -0.25) is 14.6 Å². The first kappa shape index (κ1) is 23.4. The van der Waals surface area contributed by atoms with Crippen molar-refractivity contribution in [2.45, 2.75) is 31.0 Å². The molecule has 3 N–H and O–H groups in total. The van der Waals surface area contributed by atoms with E-state index in [1.165, 1.54) is 6.07 Å². The fourth-order valence-electron chi connectivity index (χ4n) is 3.65. The summed E-state index contributed by atoms with van der Waals surface area (Å²) in [4.78, 5) is 27.8. The van der Waals surface area contributed by atoms with Gasteiger partial charge >= 0.3 is 12.0 Å². The van der Waals surface area contributed by atoms with Gasteiger partial charge in [-0.15, -0.1) is 0 Å². The highest BCUT2D eigenvalue weighted by Crippen LogP contribution is 2.55. The Morgan fingerprint density at radius 3 is 2.53 bits per heavy atom. The van der Waals surface area contributed by atoms with Gasteiger partial charge in [-0.2, -0.15) is 13.2 Å². The number of amides is 2. The van der Waals surface area contributed by atoms with Crippen LogP contribution in [0.5, 0.6) is 5.75 Å². The normalized spacial score (nSPS) is 25.4. The molecule has 1 fully saturated rings. The molecule has 1 aromatic heterocycles. The lowest BCUT2D eigenvalue weighted by Crippen LogP contribution is -2.46. The number of carbonyl (C=O) groups excluding carboxylic acids is 2. The number of hydrogen-bond acceptors (Lipinski definition) is 5. The minimum Gasteiger partial charge on any atom is -0.496 e. The zero-order valence-electron chi connectivity index (χ0n) is 16.7. The monoisotopic (exact) mass is 459 g/mol. The van der Waals surface area contributed by atoms with E-state index in [1.807, 2.05) is 0 Å². The van der Waals surface area contributed by atoms with Gasteiger partial charge in [0.25, 0.3) is 11.8 Å². The van der Waals surface area contributed by atoms with Crippen molar-refractivity contribution in [2.24, 2.45) is 11.7 Å². The van der Waals surface area contributed by atoms with Gasteiger partial charge in [0, 0.05) is 35.3 Å². The first-order chi connectivity index (χ1) is 14.9. The molecule has 12 heteroatoms. The van der Waals surface area contributed by atoms with Gasteiger partial charge in [0.2, 0.25) is 0 Å². The summed E-state index contributed by atoms with van der Waals surface area (Å²) in [5.74, 6) is -10.5. The van der Waals surface area contributed by atoms with E-state index in [4.69, 9.17) is 10.5 Å². The third-order valence-electron chi connectivity index (χ3n) is 5.23. The van der Waals surface area contributed by atoms with Gasteiger partial charge in [-0.1, -0.05) is 13.0 Å². The molecule has 0 saturated carbocycles. The van der Waals surface area contributed by atoms with Crippen molar-refractivity contribution in [1.82, 2.24) is 4.98 Å². The van der Waals surface area contributed by atoms with Crippen molar-refractivity contribution >= 4 is 17.5 Å². The summed E-state index contributed by atoms with van der Waals surface area (Å²) in [5, 5.41) is 2.28. The van der Waals surface area contributed by atoms with E-state index < -0.39 is 47.6 Å². The summed E-state index contributed by atoms with van der Waals surface area (Å²) in [5.41, 5.74) is 4.84. The highest BCUT2D eigenvalue weighted by atomic mass is 19.4. The van der Waals surface area contributed by atoms with Gasteiger partial charge in [0.05, 0.1) is 7.11 Å². The Bertz CT molecular complexity index is 1050. The summed E-state index contributed by atoms with van der Waals surface area (Å²) in [7, 11) is 1.16. The molecule has 1 aliphatic rings. The maximum Gasteiger partial charge on any atom is 0.448 e. The lowest BCUT2D eigenvalue weighted by molar-refractivity contribution is -0.334. The second-order valence-electron chi connectivity index (χ2n) is 7.17. The van der Waals surface area contributed by atoms with Crippen molar-refractivity contribution in [1.29, 1.82) is 0 Å². The van der Waals surface area contributed by atoms with Crippen molar-refractivity contribution in [3.05, 3.63) is 53.6 Å². The number of nitrogens with two attached hydrogens (primary N) is 1. The average molecular weight is 459 g/mol. The van der Waals surface area contributed by atoms with Crippen LogP contribution in [0.15, 0.2) is 36.5 Å². The van der Waals surface area contributed by atoms with Gasteiger partial charge in [0.1, 0.15) is 23.4 Å². The Kier molecular flexibility index (Phi) is 6.09. The van der Waals surface area contributed by atoms with Gasteiger partial charge in [0.15, 0.2) is 0 Å². The average Bonchev–Trinajstić information content (AvgIpc) is 3.00. The Balaban J connectivity index is 2.04. The fraction of sp³-hybridized carbons (Fsp3) is 0.350. The lowest BCUT2D eigenvalue weighted by Gasteiger charge is -2.27. The molecule has 1 aliphatic heterocycles. The molecule has 0 aliphatic carbocycles. The van der Waals surface area contributed by atoms with E-state index in [9.17, 15) is 27.2 Å². The minimum absolute atomic E-state index is 0.0248. The van der Waals surface area contributed by atoms with Crippen LogP contribution in [0.4, 0.5) is 27.6 Å². The summed E-state index contributed by atoms with van der Waals surface area (Å²) >= 11 is 0. The van der Waals surface area contributed by atoms with E-state index in [1.54, 1.807) is 0 Å². The highest BCUT2D eigenvalue weighted by Gasteiger charge is 2.70. The number of primary amides is 1. The van der Waals surface area contributed by atoms with Gasteiger partial charge in [-0.25, -0.2) is 8.78 Å². The third kappa shape index (κ3) is 4.09. The molecule has 0 spiro atoms. The maximum absolute atomic E-state index is 15.1. The van der Waals surface area contributed by atoms with Gasteiger partial charge < -0.3 is 20.5 Å². The summed E-state index contributed by atoms with van der Waals surface area (Å²) in [6.07, 6.45) is -6.28. The van der Waals surface area contributed by atoms with Crippen LogP contribution in [0.3, 0.4) is 0 Å². The van der Waals surface area contributed by atoms with Crippen LogP contribution in [0.25, 0.3) is 0 Å². The molecule has 2 amide bonds. The molecule has 0 bridgehead atoms. The molecule has 172 valence electrons. The topological polar surface area (TPSA) is 104 Å².